The van der Waals surface area contributed by atoms with Crippen LogP contribution in [0.4, 0.5) is 30.5 Å². The first kappa shape index (κ1) is 29.8. The summed E-state index contributed by atoms with van der Waals surface area (Å²) < 4.78 is 47.4. The van der Waals surface area contributed by atoms with Crippen LogP contribution in [-0.2, 0) is 23.1 Å². The van der Waals surface area contributed by atoms with E-state index in [9.17, 15) is 18.0 Å². The van der Waals surface area contributed by atoms with Crippen LogP contribution in [0.25, 0.3) is 11.0 Å². The Hall–Kier alpha value is -2.69. The molecule has 0 saturated carbocycles. The molecule has 2 aliphatic rings. The van der Waals surface area contributed by atoms with E-state index in [0.29, 0.717) is 65.6 Å². The van der Waals surface area contributed by atoms with Crippen molar-refractivity contribution in [2.45, 2.75) is 46.3 Å². The fourth-order valence-corrected chi connectivity index (χ4v) is 5.81. The van der Waals surface area contributed by atoms with E-state index in [2.05, 4.69) is 22.5 Å². The van der Waals surface area contributed by atoms with Crippen LogP contribution in [0, 0.1) is 16.7 Å². The van der Waals surface area contributed by atoms with Crippen LogP contribution < -0.4 is 15.5 Å². The minimum Gasteiger partial charge on any atom is -0.380 e. The first-order valence-electron chi connectivity index (χ1n) is 13.6. The Labute approximate surface area is 247 Å². The molecule has 2 aliphatic heterocycles. The van der Waals surface area contributed by atoms with Gasteiger partial charge in [-0.3, -0.25) is 4.79 Å². The van der Waals surface area contributed by atoms with Crippen molar-refractivity contribution < 1.29 is 22.7 Å². The number of benzene rings is 2. The highest BCUT2D eigenvalue weighted by Gasteiger charge is 2.51. The van der Waals surface area contributed by atoms with E-state index in [1.807, 2.05) is 37.6 Å². The first-order valence-corrected chi connectivity index (χ1v) is 14.3. The number of carbonyl (C=O) groups excluding carboxylic acids is 1. The highest BCUT2D eigenvalue weighted by atomic mass is 35.5. The predicted molar refractivity (Wildman–Crippen MR) is 156 cm³/mol. The van der Waals surface area contributed by atoms with E-state index in [1.165, 1.54) is 0 Å². The largest absolute Gasteiger partial charge is 0.393 e. The number of fused-ring (bicyclic) bond motifs is 1. The van der Waals surface area contributed by atoms with Crippen LogP contribution in [0.1, 0.15) is 39.2 Å². The molecule has 0 radical (unpaired) electrons. The number of hydrogen-bond acceptors (Lipinski definition) is 5. The average molecular weight is 613 g/mol. The predicted octanol–water partition coefficient (Wildman–Crippen LogP) is 7.08. The number of carbonyl (C=O) groups is 1. The standard InChI is InChI=1S/C29H34Cl2F3N5O2/c1-27(2,28(3)15-41-16-28)25(40)35-13-17-7-8-19(30)21(10-17)36-26-37-22-11-20(31)23(12-24(22)38(26)4)39-9-5-6-18(14-39)29(32,33)34/h7-8,10-12,18H,5-6,9,13-16H2,1-4H3,(H,35,40)(H,36,37). The summed E-state index contributed by atoms with van der Waals surface area (Å²) in [5, 5.41) is 7.12. The number of anilines is 3. The van der Waals surface area contributed by atoms with Crippen molar-refractivity contribution in [3.8, 4) is 0 Å². The van der Waals surface area contributed by atoms with E-state index in [-0.39, 0.29) is 24.3 Å². The van der Waals surface area contributed by atoms with Crippen LogP contribution in [0.2, 0.25) is 10.0 Å². The summed E-state index contributed by atoms with van der Waals surface area (Å²) in [6.07, 6.45) is -3.68. The van der Waals surface area contributed by atoms with E-state index in [1.54, 1.807) is 23.1 Å². The van der Waals surface area contributed by atoms with Gasteiger partial charge in [0.2, 0.25) is 11.9 Å². The fraction of sp³-hybridized carbons (Fsp3) is 0.517. The number of rotatable bonds is 7. The second-order valence-electron chi connectivity index (χ2n) is 11.9. The van der Waals surface area contributed by atoms with Crippen LogP contribution in [-0.4, -0.2) is 47.9 Å². The maximum Gasteiger partial charge on any atom is 0.393 e. The number of hydrogen-bond donors (Lipinski definition) is 2. The van der Waals surface area contributed by atoms with Crippen LogP contribution in [0.15, 0.2) is 30.3 Å². The number of halogens is 5. The van der Waals surface area contributed by atoms with Gasteiger partial charge in [0.05, 0.1) is 57.0 Å². The third-order valence-electron chi connectivity index (χ3n) is 8.82. The lowest BCUT2D eigenvalue weighted by molar-refractivity contribution is -0.177. The molecule has 3 aromatic rings. The zero-order valence-electron chi connectivity index (χ0n) is 23.5. The number of aryl methyl sites for hydroxylation is 1. The molecule has 1 unspecified atom stereocenters. The Morgan fingerprint density at radius 1 is 1.17 bits per heavy atom. The molecule has 3 heterocycles. The molecular weight excluding hydrogens is 578 g/mol. The van der Waals surface area contributed by atoms with Gasteiger partial charge in [0, 0.05) is 32.1 Å². The Morgan fingerprint density at radius 3 is 2.56 bits per heavy atom. The maximum atomic E-state index is 13.4. The molecule has 41 heavy (non-hydrogen) atoms. The van der Waals surface area contributed by atoms with Crippen LogP contribution in [0.3, 0.4) is 0 Å². The van der Waals surface area contributed by atoms with Gasteiger partial charge >= 0.3 is 6.18 Å². The second kappa shape index (κ2) is 10.9. The van der Waals surface area contributed by atoms with Gasteiger partial charge in [-0.2, -0.15) is 13.2 Å². The summed E-state index contributed by atoms with van der Waals surface area (Å²) in [6, 6.07) is 8.92. The Bertz CT molecular complexity index is 1470. The fourth-order valence-electron chi connectivity index (χ4n) is 5.36. The minimum atomic E-state index is -4.24. The summed E-state index contributed by atoms with van der Waals surface area (Å²) in [6.45, 7) is 7.73. The van der Waals surface area contributed by atoms with Gasteiger partial charge in [-0.05, 0) is 42.7 Å². The number of ether oxygens (including phenoxy) is 1. The molecule has 0 spiro atoms. The monoisotopic (exact) mass is 611 g/mol. The highest BCUT2D eigenvalue weighted by molar-refractivity contribution is 6.34. The third kappa shape index (κ3) is 5.70. The van der Waals surface area contributed by atoms with Gasteiger partial charge in [-0.25, -0.2) is 4.98 Å². The molecule has 1 atom stereocenters. The molecule has 2 aromatic carbocycles. The number of nitrogens with one attached hydrogen (secondary N) is 2. The normalized spacial score (nSPS) is 19.2. The lowest BCUT2D eigenvalue weighted by Crippen LogP contribution is -2.57. The van der Waals surface area contributed by atoms with Crippen molar-refractivity contribution in [2.24, 2.45) is 23.8 Å². The lowest BCUT2D eigenvalue weighted by atomic mass is 9.64. The van der Waals surface area contributed by atoms with Gasteiger partial charge in [-0.1, -0.05) is 50.0 Å². The van der Waals surface area contributed by atoms with Crippen LogP contribution in [0.5, 0.6) is 0 Å². The zero-order chi connectivity index (χ0) is 29.7. The highest BCUT2D eigenvalue weighted by Crippen LogP contribution is 2.45. The molecule has 1 amide bonds. The first-order chi connectivity index (χ1) is 19.2. The molecule has 5 rings (SSSR count). The number of amides is 1. The summed E-state index contributed by atoms with van der Waals surface area (Å²) in [5.74, 6) is -0.944. The maximum absolute atomic E-state index is 13.4. The van der Waals surface area contributed by atoms with Crippen molar-refractivity contribution in [3.05, 3.63) is 45.9 Å². The molecule has 12 heteroatoms. The van der Waals surface area contributed by atoms with Crippen LogP contribution >= 0.6 is 23.2 Å². The molecule has 222 valence electrons. The van der Waals surface area contributed by atoms with E-state index in [0.717, 1.165) is 11.1 Å². The topological polar surface area (TPSA) is 71.4 Å². The van der Waals surface area contributed by atoms with Gasteiger partial charge in [0.15, 0.2) is 0 Å². The smallest absolute Gasteiger partial charge is 0.380 e. The summed E-state index contributed by atoms with van der Waals surface area (Å²) in [4.78, 5) is 19.4. The van der Waals surface area contributed by atoms with Crippen molar-refractivity contribution >= 4 is 57.5 Å². The Balaban J connectivity index is 1.34. The lowest BCUT2D eigenvalue weighted by Gasteiger charge is -2.48. The number of aromatic nitrogens is 2. The van der Waals surface area contributed by atoms with Gasteiger partial charge in [-0.15, -0.1) is 0 Å². The van der Waals surface area contributed by atoms with E-state index < -0.39 is 17.5 Å². The molecular formula is C29H34Cl2F3N5O2. The van der Waals surface area contributed by atoms with E-state index in [4.69, 9.17) is 27.9 Å². The molecule has 7 nitrogen and oxygen atoms in total. The van der Waals surface area contributed by atoms with E-state index >= 15 is 0 Å². The zero-order valence-corrected chi connectivity index (χ0v) is 25.0. The molecule has 2 N–H and O–H groups in total. The molecule has 1 aromatic heterocycles. The van der Waals surface area contributed by atoms with Crippen molar-refractivity contribution in [2.75, 3.05) is 36.5 Å². The van der Waals surface area contributed by atoms with Crippen molar-refractivity contribution in [3.63, 3.8) is 0 Å². The average Bonchev–Trinajstić information content (AvgIpc) is 3.19. The summed E-state index contributed by atoms with van der Waals surface area (Å²) in [7, 11) is 1.81. The summed E-state index contributed by atoms with van der Waals surface area (Å²) >= 11 is 13.0. The number of nitrogens with zero attached hydrogens (tertiary/aromatic N) is 3. The third-order valence-corrected chi connectivity index (χ3v) is 9.45. The van der Waals surface area contributed by atoms with Gasteiger partial charge in [0.1, 0.15) is 0 Å². The number of imidazole rings is 1. The number of piperidine rings is 1. The summed E-state index contributed by atoms with van der Waals surface area (Å²) in [5.41, 5.74) is 2.54. The molecule has 2 saturated heterocycles. The molecule has 2 fully saturated rings. The Morgan fingerprint density at radius 2 is 1.90 bits per heavy atom. The van der Waals surface area contributed by atoms with Crippen molar-refractivity contribution in [1.82, 2.24) is 14.9 Å². The Kier molecular flexibility index (Phi) is 7.89. The minimum absolute atomic E-state index is 0.0500. The number of alkyl halides is 3. The van der Waals surface area contributed by atoms with Gasteiger partial charge < -0.3 is 24.8 Å². The molecule has 0 aliphatic carbocycles. The molecule has 0 bridgehead atoms. The second-order valence-corrected chi connectivity index (χ2v) is 12.7. The van der Waals surface area contributed by atoms with Gasteiger partial charge in [0.25, 0.3) is 0 Å². The van der Waals surface area contributed by atoms with Crippen molar-refractivity contribution in [1.29, 1.82) is 0 Å². The quantitative estimate of drug-likeness (QED) is 0.299. The SMILES string of the molecule is Cn1c(Nc2cc(CNC(=O)C(C)(C)C3(C)COC3)ccc2Cl)nc2cc(Cl)c(N3CCCC(C(F)(F)F)C3)cc21.